The van der Waals surface area contributed by atoms with E-state index in [4.69, 9.17) is 10.5 Å². The number of aryl methyl sites for hydroxylation is 2. The Morgan fingerprint density at radius 3 is 2.67 bits per heavy atom. The molecule has 1 aromatic rings. The summed E-state index contributed by atoms with van der Waals surface area (Å²) in [6, 6.07) is 0. The van der Waals surface area contributed by atoms with Crippen molar-refractivity contribution in [3.63, 3.8) is 0 Å². The zero-order chi connectivity index (χ0) is 13.1. The van der Waals surface area contributed by atoms with Gasteiger partial charge in [-0.15, -0.1) is 0 Å². The van der Waals surface area contributed by atoms with Crippen molar-refractivity contribution in [1.82, 2.24) is 9.78 Å². The van der Waals surface area contributed by atoms with Gasteiger partial charge < -0.3 is 10.5 Å². The van der Waals surface area contributed by atoms with Crippen LogP contribution in [0.5, 0.6) is 0 Å². The van der Waals surface area contributed by atoms with Gasteiger partial charge in [0.2, 0.25) is 0 Å². The molecule has 1 aliphatic rings. The summed E-state index contributed by atoms with van der Waals surface area (Å²) in [6.45, 7) is 2.29. The lowest BCUT2D eigenvalue weighted by molar-refractivity contribution is 0.0399. The first-order chi connectivity index (χ1) is 8.59. The zero-order valence-corrected chi connectivity index (χ0v) is 11.1. The van der Waals surface area contributed by atoms with Crippen LogP contribution < -0.4 is 5.73 Å². The second kappa shape index (κ2) is 5.42. The van der Waals surface area contributed by atoms with Crippen molar-refractivity contribution in [2.24, 2.45) is 13.0 Å². The fraction of sp³-hybridized carbons (Fsp3) is 0.692. The molecule has 0 radical (unpaired) electrons. The van der Waals surface area contributed by atoms with Gasteiger partial charge in [-0.05, 0) is 25.7 Å². The second-order valence-corrected chi connectivity index (χ2v) is 5.07. The molecule has 0 aromatic carbocycles. The molecule has 5 heteroatoms. The molecular weight excluding hydrogens is 230 g/mol. The highest BCUT2D eigenvalue weighted by Gasteiger charge is 2.21. The second-order valence-electron chi connectivity index (χ2n) is 5.07. The largest absolute Gasteiger partial charge is 0.461 e. The van der Waals surface area contributed by atoms with E-state index in [1.165, 1.54) is 23.9 Å². The quantitative estimate of drug-likeness (QED) is 0.835. The van der Waals surface area contributed by atoms with Crippen molar-refractivity contribution in [2.45, 2.75) is 39.0 Å². The standard InChI is InChI=1S/C13H21N3O2/c1-9-11(14)12(16(2)15-9)13(17)18-8-10-6-4-3-5-7-10/h10H,3-8,14H2,1-2H3. The summed E-state index contributed by atoms with van der Waals surface area (Å²) >= 11 is 0. The van der Waals surface area contributed by atoms with Crippen molar-refractivity contribution >= 4 is 11.7 Å². The Kier molecular flexibility index (Phi) is 3.89. The van der Waals surface area contributed by atoms with Crippen LogP contribution >= 0.6 is 0 Å². The summed E-state index contributed by atoms with van der Waals surface area (Å²) in [7, 11) is 1.71. The molecule has 100 valence electrons. The molecule has 1 aromatic heterocycles. The normalized spacial score (nSPS) is 16.8. The van der Waals surface area contributed by atoms with E-state index in [9.17, 15) is 4.79 Å². The molecule has 0 spiro atoms. The number of hydrogen-bond donors (Lipinski definition) is 1. The molecule has 0 atom stereocenters. The number of carbonyl (C=O) groups excluding carboxylic acids is 1. The first-order valence-corrected chi connectivity index (χ1v) is 6.55. The van der Waals surface area contributed by atoms with Gasteiger partial charge in [-0.2, -0.15) is 5.10 Å². The third-order valence-corrected chi connectivity index (χ3v) is 3.64. The average Bonchev–Trinajstić information content (AvgIpc) is 2.62. The van der Waals surface area contributed by atoms with E-state index < -0.39 is 0 Å². The Bertz CT molecular complexity index is 434. The SMILES string of the molecule is Cc1nn(C)c(C(=O)OCC2CCCCC2)c1N. The van der Waals surface area contributed by atoms with Crippen molar-refractivity contribution in [3.8, 4) is 0 Å². The molecular formula is C13H21N3O2. The highest BCUT2D eigenvalue weighted by atomic mass is 16.5. The molecule has 18 heavy (non-hydrogen) atoms. The maximum absolute atomic E-state index is 12.0. The number of anilines is 1. The first kappa shape index (κ1) is 12.9. The van der Waals surface area contributed by atoms with Gasteiger partial charge in [-0.3, -0.25) is 4.68 Å². The maximum Gasteiger partial charge on any atom is 0.358 e. The third-order valence-electron chi connectivity index (χ3n) is 3.64. The van der Waals surface area contributed by atoms with Gasteiger partial charge in [0.25, 0.3) is 0 Å². The van der Waals surface area contributed by atoms with Crippen LogP contribution in [-0.2, 0) is 11.8 Å². The van der Waals surface area contributed by atoms with Crippen molar-refractivity contribution in [1.29, 1.82) is 0 Å². The number of aromatic nitrogens is 2. The highest BCUT2D eigenvalue weighted by Crippen LogP contribution is 2.24. The van der Waals surface area contributed by atoms with E-state index in [0.29, 0.717) is 29.6 Å². The van der Waals surface area contributed by atoms with Crippen LogP contribution in [0.1, 0.15) is 48.3 Å². The lowest BCUT2D eigenvalue weighted by atomic mass is 9.90. The molecule has 0 bridgehead atoms. The summed E-state index contributed by atoms with van der Waals surface area (Å²) < 4.78 is 6.86. The summed E-state index contributed by atoms with van der Waals surface area (Å²) in [5, 5.41) is 4.12. The minimum atomic E-state index is -0.360. The van der Waals surface area contributed by atoms with Crippen LogP contribution in [0.15, 0.2) is 0 Å². The number of ether oxygens (including phenoxy) is 1. The Morgan fingerprint density at radius 1 is 1.44 bits per heavy atom. The fourth-order valence-corrected chi connectivity index (χ4v) is 2.53. The molecule has 1 aliphatic carbocycles. The minimum absolute atomic E-state index is 0.360. The van der Waals surface area contributed by atoms with Crippen LogP contribution in [-0.4, -0.2) is 22.4 Å². The lowest BCUT2D eigenvalue weighted by Gasteiger charge is -2.21. The molecule has 0 amide bonds. The van der Waals surface area contributed by atoms with Gasteiger partial charge >= 0.3 is 5.97 Å². The van der Waals surface area contributed by atoms with Gasteiger partial charge in [0.15, 0.2) is 5.69 Å². The van der Waals surface area contributed by atoms with E-state index in [0.717, 1.165) is 12.8 Å². The Hall–Kier alpha value is -1.52. The van der Waals surface area contributed by atoms with Gasteiger partial charge in [0, 0.05) is 7.05 Å². The minimum Gasteiger partial charge on any atom is -0.461 e. The van der Waals surface area contributed by atoms with Gasteiger partial charge in [0.1, 0.15) is 0 Å². The van der Waals surface area contributed by atoms with Crippen LogP contribution in [0.25, 0.3) is 0 Å². The number of carbonyl (C=O) groups is 1. The van der Waals surface area contributed by atoms with E-state index in [1.54, 1.807) is 14.0 Å². The molecule has 0 unspecified atom stereocenters. The summed E-state index contributed by atoms with van der Waals surface area (Å²) in [4.78, 5) is 12.0. The fourth-order valence-electron chi connectivity index (χ4n) is 2.53. The van der Waals surface area contributed by atoms with Gasteiger partial charge in [-0.1, -0.05) is 19.3 Å². The number of nitrogen functional groups attached to an aromatic ring is 1. The average molecular weight is 251 g/mol. The predicted molar refractivity (Wildman–Crippen MR) is 69.2 cm³/mol. The molecule has 0 aliphatic heterocycles. The summed E-state index contributed by atoms with van der Waals surface area (Å²) in [5.74, 6) is 0.152. The van der Waals surface area contributed by atoms with Crippen LogP contribution in [0, 0.1) is 12.8 Å². The van der Waals surface area contributed by atoms with Crippen molar-refractivity contribution in [3.05, 3.63) is 11.4 Å². The zero-order valence-electron chi connectivity index (χ0n) is 11.1. The van der Waals surface area contributed by atoms with Crippen LogP contribution in [0.4, 0.5) is 5.69 Å². The lowest BCUT2D eigenvalue weighted by Crippen LogP contribution is -2.19. The van der Waals surface area contributed by atoms with Crippen LogP contribution in [0.3, 0.4) is 0 Å². The topological polar surface area (TPSA) is 70.1 Å². The predicted octanol–water partition coefficient (Wildman–Crippen LogP) is 2.05. The molecule has 1 saturated carbocycles. The summed E-state index contributed by atoms with van der Waals surface area (Å²) in [6.07, 6.45) is 6.11. The van der Waals surface area contributed by atoms with E-state index in [2.05, 4.69) is 5.10 Å². The third kappa shape index (κ3) is 2.66. The number of nitrogens with two attached hydrogens (primary N) is 1. The maximum atomic E-state index is 12.0. The Balaban J connectivity index is 1.95. The number of esters is 1. The number of hydrogen-bond acceptors (Lipinski definition) is 4. The molecule has 2 rings (SSSR count). The number of rotatable bonds is 3. The molecule has 5 nitrogen and oxygen atoms in total. The van der Waals surface area contributed by atoms with Gasteiger partial charge in [0.05, 0.1) is 18.0 Å². The monoisotopic (exact) mass is 251 g/mol. The van der Waals surface area contributed by atoms with Crippen molar-refractivity contribution < 1.29 is 9.53 Å². The number of nitrogens with zero attached hydrogens (tertiary/aromatic N) is 2. The van der Waals surface area contributed by atoms with E-state index in [-0.39, 0.29) is 5.97 Å². The molecule has 2 N–H and O–H groups in total. The van der Waals surface area contributed by atoms with Crippen molar-refractivity contribution in [2.75, 3.05) is 12.3 Å². The Labute approximate surface area is 107 Å². The smallest absolute Gasteiger partial charge is 0.358 e. The van der Waals surface area contributed by atoms with E-state index >= 15 is 0 Å². The molecule has 0 saturated heterocycles. The highest BCUT2D eigenvalue weighted by molar-refractivity contribution is 5.93. The molecule has 1 fully saturated rings. The van der Waals surface area contributed by atoms with Gasteiger partial charge in [-0.25, -0.2) is 4.79 Å². The van der Waals surface area contributed by atoms with Crippen LogP contribution in [0.2, 0.25) is 0 Å². The summed E-state index contributed by atoms with van der Waals surface area (Å²) in [5.41, 5.74) is 7.28. The molecule has 1 heterocycles. The van der Waals surface area contributed by atoms with E-state index in [1.807, 2.05) is 0 Å². The Morgan fingerprint density at radius 2 is 2.11 bits per heavy atom. The first-order valence-electron chi connectivity index (χ1n) is 6.55.